The number of anilines is 2. The highest BCUT2D eigenvalue weighted by molar-refractivity contribution is 7.80. The minimum Gasteiger partial charge on any atom is -0.495 e. The quantitative estimate of drug-likeness (QED) is 0.830. The lowest BCUT2D eigenvalue weighted by Gasteiger charge is -2.14. The van der Waals surface area contributed by atoms with Gasteiger partial charge in [0.05, 0.1) is 12.8 Å². The first kappa shape index (κ1) is 15.3. The minimum atomic E-state index is -0.268. The summed E-state index contributed by atoms with van der Waals surface area (Å²) in [5.41, 5.74) is 3.05. The number of thiocarbonyl (C=S) groups is 1. The lowest BCUT2D eigenvalue weighted by atomic mass is 10.2. The van der Waals surface area contributed by atoms with E-state index in [0.29, 0.717) is 22.1 Å². The van der Waals surface area contributed by atoms with Crippen LogP contribution in [0.15, 0.2) is 36.4 Å². The Balaban J connectivity index is 2.11. The number of rotatable bonds is 3. The van der Waals surface area contributed by atoms with Gasteiger partial charge in [0.15, 0.2) is 5.11 Å². The van der Waals surface area contributed by atoms with Gasteiger partial charge in [-0.05, 0) is 61.5 Å². The van der Waals surface area contributed by atoms with E-state index in [4.69, 9.17) is 17.0 Å². The number of nitrogens with one attached hydrogen (secondary N) is 2. The average Bonchev–Trinajstić information content (AvgIpc) is 2.43. The first-order valence-corrected chi connectivity index (χ1v) is 6.89. The first-order chi connectivity index (χ1) is 9.99. The van der Waals surface area contributed by atoms with E-state index in [-0.39, 0.29) is 5.82 Å². The van der Waals surface area contributed by atoms with Crippen LogP contribution in [0.3, 0.4) is 0 Å². The van der Waals surface area contributed by atoms with Gasteiger partial charge in [0, 0.05) is 5.69 Å². The molecule has 0 unspecified atom stereocenters. The van der Waals surface area contributed by atoms with Crippen LogP contribution < -0.4 is 15.4 Å². The molecule has 2 aromatic rings. The highest BCUT2D eigenvalue weighted by atomic mass is 32.1. The predicted octanol–water partition coefficient (Wildman–Crippen LogP) is 4.26. The molecule has 0 spiro atoms. The van der Waals surface area contributed by atoms with Crippen molar-refractivity contribution in [1.29, 1.82) is 0 Å². The van der Waals surface area contributed by atoms with Crippen LogP contribution in [-0.4, -0.2) is 12.2 Å². The number of aryl methyl sites for hydroxylation is 2. The molecule has 0 heterocycles. The van der Waals surface area contributed by atoms with Gasteiger partial charge < -0.3 is 15.4 Å². The minimum absolute atomic E-state index is 0.268. The van der Waals surface area contributed by atoms with Gasteiger partial charge in [-0.15, -0.1) is 0 Å². The van der Waals surface area contributed by atoms with Crippen molar-refractivity contribution >= 4 is 28.7 Å². The van der Waals surface area contributed by atoms with Crippen LogP contribution in [0.25, 0.3) is 0 Å². The fraction of sp³-hybridized carbons (Fsp3) is 0.188. The van der Waals surface area contributed by atoms with Crippen LogP contribution >= 0.6 is 12.2 Å². The molecule has 0 fully saturated rings. The summed E-state index contributed by atoms with van der Waals surface area (Å²) in [5.74, 6) is 0.427. The van der Waals surface area contributed by atoms with Crippen molar-refractivity contribution in [2.24, 2.45) is 0 Å². The highest BCUT2D eigenvalue weighted by Gasteiger charge is 2.06. The van der Waals surface area contributed by atoms with Crippen LogP contribution in [-0.2, 0) is 0 Å². The zero-order valence-corrected chi connectivity index (χ0v) is 13.0. The molecule has 0 saturated carbocycles. The summed E-state index contributed by atoms with van der Waals surface area (Å²) in [7, 11) is 1.60. The van der Waals surface area contributed by atoms with E-state index in [1.165, 1.54) is 6.07 Å². The Hall–Kier alpha value is -2.14. The van der Waals surface area contributed by atoms with Crippen molar-refractivity contribution in [3.8, 4) is 5.75 Å². The lowest BCUT2D eigenvalue weighted by Crippen LogP contribution is -2.19. The van der Waals surface area contributed by atoms with E-state index in [1.807, 2.05) is 25.1 Å². The van der Waals surface area contributed by atoms with Crippen molar-refractivity contribution in [2.75, 3.05) is 17.7 Å². The third-order valence-electron chi connectivity index (χ3n) is 3.03. The number of hydrogen-bond donors (Lipinski definition) is 2. The van der Waals surface area contributed by atoms with Gasteiger partial charge in [-0.2, -0.15) is 0 Å². The molecule has 3 nitrogen and oxygen atoms in total. The second-order valence-electron chi connectivity index (χ2n) is 4.75. The van der Waals surface area contributed by atoms with Gasteiger partial charge in [0.1, 0.15) is 11.6 Å². The van der Waals surface area contributed by atoms with Crippen LogP contribution in [0.5, 0.6) is 5.75 Å². The summed E-state index contributed by atoms with van der Waals surface area (Å²) in [6.45, 7) is 3.70. The molecule has 2 rings (SSSR count). The number of methoxy groups -OCH3 is 1. The molecule has 0 atom stereocenters. The largest absolute Gasteiger partial charge is 0.495 e. The molecule has 2 aromatic carbocycles. The van der Waals surface area contributed by atoms with Gasteiger partial charge in [0.2, 0.25) is 0 Å². The molecular weight excluding hydrogens is 287 g/mol. The Morgan fingerprint density at radius 2 is 1.86 bits per heavy atom. The molecule has 0 aromatic heterocycles. The third-order valence-corrected chi connectivity index (χ3v) is 3.24. The van der Waals surface area contributed by atoms with E-state index < -0.39 is 0 Å². The van der Waals surface area contributed by atoms with Crippen LogP contribution in [0.4, 0.5) is 15.8 Å². The highest BCUT2D eigenvalue weighted by Crippen LogP contribution is 2.25. The Labute approximate surface area is 129 Å². The Morgan fingerprint density at radius 1 is 1.10 bits per heavy atom. The second-order valence-corrected chi connectivity index (χ2v) is 5.16. The fourth-order valence-electron chi connectivity index (χ4n) is 1.87. The van der Waals surface area contributed by atoms with Gasteiger partial charge in [0.25, 0.3) is 0 Å². The molecule has 0 aliphatic rings. The molecule has 0 aliphatic carbocycles. The number of benzene rings is 2. The van der Waals surface area contributed by atoms with Gasteiger partial charge in [-0.3, -0.25) is 0 Å². The molecule has 0 amide bonds. The Morgan fingerprint density at radius 3 is 2.52 bits per heavy atom. The smallest absolute Gasteiger partial charge is 0.175 e. The Bertz CT molecular complexity index is 673. The van der Waals surface area contributed by atoms with Crippen molar-refractivity contribution in [2.45, 2.75) is 13.8 Å². The number of halogens is 1. The van der Waals surface area contributed by atoms with Gasteiger partial charge in [-0.25, -0.2) is 4.39 Å². The van der Waals surface area contributed by atoms with Gasteiger partial charge in [-0.1, -0.05) is 12.1 Å². The van der Waals surface area contributed by atoms with E-state index in [9.17, 15) is 4.39 Å². The molecule has 0 bridgehead atoms. The van der Waals surface area contributed by atoms with E-state index in [2.05, 4.69) is 10.6 Å². The lowest BCUT2D eigenvalue weighted by molar-refractivity contribution is 0.417. The maximum absolute atomic E-state index is 13.5. The normalized spacial score (nSPS) is 10.1. The summed E-state index contributed by atoms with van der Waals surface area (Å²) in [4.78, 5) is 0. The van der Waals surface area contributed by atoms with Crippen molar-refractivity contribution in [1.82, 2.24) is 0 Å². The monoisotopic (exact) mass is 304 g/mol. The fourth-order valence-corrected chi connectivity index (χ4v) is 2.10. The van der Waals surface area contributed by atoms with Crippen LogP contribution in [0.2, 0.25) is 0 Å². The van der Waals surface area contributed by atoms with Gasteiger partial charge >= 0.3 is 0 Å². The molecule has 0 saturated heterocycles. The molecule has 5 heteroatoms. The molecule has 0 aliphatic heterocycles. The number of hydrogen-bond acceptors (Lipinski definition) is 2. The molecule has 2 N–H and O–H groups in total. The SMILES string of the molecule is COc1ccc(C)cc1NC(=S)Nc1ccc(C)c(F)c1. The first-order valence-electron chi connectivity index (χ1n) is 6.48. The summed E-state index contributed by atoms with van der Waals surface area (Å²) in [5, 5.41) is 6.39. The van der Waals surface area contributed by atoms with Crippen molar-refractivity contribution < 1.29 is 9.13 Å². The van der Waals surface area contributed by atoms with E-state index in [0.717, 1.165) is 11.3 Å². The second kappa shape index (κ2) is 6.54. The Kier molecular flexibility index (Phi) is 4.75. The molecular formula is C16H17FN2OS. The van der Waals surface area contributed by atoms with Crippen LogP contribution in [0, 0.1) is 19.7 Å². The topological polar surface area (TPSA) is 33.3 Å². The summed E-state index contributed by atoms with van der Waals surface area (Å²) in [6, 6.07) is 10.6. The summed E-state index contributed by atoms with van der Waals surface area (Å²) < 4.78 is 18.8. The van der Waals surface area contributed by atoms with Crippen molar-refractivity contribution in [3.05, 3.63) is 53.3 Å². The van der Waals surface area contributed by atoms with E-state index in [1.54, 1.807) is 26.2 Å². The maximum Gasteiger partial charge on any atom is 0.175 e. The zero-order chi connectivity index (χ0) is 15.4. The molecule has 110 valence electrons. The summed E-state index contributed by atoms with van der Waals surface area (Å²) >= 11 is 5.24. The zero-order valence-electron chi connectivity index (χ0n) is 12.2. The third kappa shape index (κ3) is 3.92. The maximum atomic E-state index is 13.5. The van der Waals surface area contributed by atoms with E-state index >= 15 is 0 Å². The molecule has 0 radical (unpaired) electrons. The average molecular weight is 304 g/mol. The predicted molar refractivity (Wildman–Crippen MR) is 88.7 cm³/mol. The number of ether oxygens (including phenoxy) is 1. The summed E-state index contributed by atoms with van der Waals surface area (Å²) in [6.07, 6.45) is 0. The molecule has 21 heavy (non-hydrogen) atoms. The van der Waals surface area contributed by atoms with Crippen molar-refractivity contribution in [3.63, 3.8) is 0 Å². The standard InChI is InChI=1S/C16H17FN2OS/c1-10-4-7-15(20-3)14(8-10)19-16(21)18-12-6-5-11(2)13(17)9-12/h4-9H,1-3H3,(H2,18,19,21). The van der Waals surface area contributed by atoms with Crippen LogP contribution in [0.1, 0.15) is 11.1 Å².